The summed E-state index contributed by atoms with van der Waals surface area (Å²) in [4.78, 5) is 14.7. The number of unbranched alkanes of at least 4 members (excludes halogenated alkanes) is 3. The number of carbonyl (C=O) groups is 1. The molecule has 0 fully saturated rings. The number of rotatable bonds is 10. The van der Waals surface area contributed by atoms with Crippen LogP contribution in [0, 0.1) is 13.8 Å². The van der Waals surface area contributed by atoms with E-state index in [1.54, 1.807) is 0 Å². The van der Waals surface area contributed by atoms with E-state index in [9.17, 15) is 9.90 Å². The summed E-state index contributed by atoms with van der Waals surface area (Å²) in [6, 6.07) is 0. The maximum Gasteiger partial charge on any atom is 0.238 e. The zero-order valence-electron chi connectivity index (χ0n) is 19.3. The molecule has 29 heavy (non-hydrogen) atoms. The van der Waals surface area contributed by atoms with Crippen LogP contribution < -0.4 is 10.1 Å². The van der Waals surface area contributed by atoms with Crippen molar-refractivity contribution in [2.24, 2.45) is 0 Å². The number of hydrogen-bond acceptors (Lipinski definition) is 4. The van der Waals surface area contributed by atoms with Crippen molar-refractivity contribution >= 4 is 11.6 Å². The van der Waals surface area contributed by atoms with Gasteiger partial charge in [-0.2, -0.15) is 0 Å². The van der Waals surface area contributed by atoms with Gasteiger partial charge in [-0.05, 0) is 70.7 Å². The van der Waals surface area contributed by atoms with Gasteiger partial charge in [-0.25, -0.2) is 0 Å². The molecule has 1 aliphatic heterocycles. The number of aromatic hydroxyl groups is 1. The van der Waals surface area contributed by atoms with E-state index in [0.717, 1.165) is 54.8 Å². The number of nitrogens with one attached hydrogen (secondary N) is 1. The summed E-state index contributed by atoms with van der Waals surface area (Å²) in [5.74, 6) is 0.925. The summed E-state index contributed by atoms with van der Waals surface area (Å²) in [5.41, 5.74) is 3.03. The Morgan fingerprint density at radius 3 is 2.45 bits per heavy atom. The molecule has 0 aromatic heterocycles. The first-order valence-electron chi connectivity index (χ1n) is 11.3. The molecule has 2 rings (SSSR count). The quantitative estimate of drug-likeness (QED) is 0.408. The van der Waals surface area contributed by atoms with Gasteiger partial charge in [0.2, 0.25) is 5.91 Å². The molecule has 0 radical (unpaired) electrons. The molecular formula is C24H40N2O3. The van der Waals surface area contributed by atoms with Crippen molar-refractivity contribution in [2.75, 3.05) is 25.0 Å². The summed E-state index contributed by atoms with van der Waals surface area (Å²) in [6.07, 6.45) is 7.64. The number of fused-ring (bicyclic) bond motifs is 1. The minimum Gasteiger partial charge on any atom is -0.505 e. The van der Waals surface area contributed by atoms with Gasteiger partial charge < -0.3 is 15.2 Å². The van der Waals surface area contributed by atoms with E-state index in [1.165, 1.54) is 25.7 Å². The van der Waals surface area contributed by atoms with Gasteiger partial charge in [-0.3, -0.25) is 9.69 Å². The normalized spacial score (nSPS) is 18.4. The summed E-state index contributed by atoms with van der Waals surface area (Å²) < 4.78 is 6.54. The highest BCUT2D eigenvalue weighted by atomic mass is 16.5. The molecule has 1 unspecified atom stereocenters. The standard InChI is InChI=1S/C24H40N2O3/c1-7-10-11-12-14-24(6)15-13-19-21(25-20(27)16-26(8-2)9-3)22(28)17(4)18(5)23(19)29-24/h28H,7-16H2,1-6H3,(H,25,27). The van der Waals surface area contributed by atoms with Crippen molar-refractivity contribution in [1.82, 2.24) is 4.90 Å². The Morgan fingerprint density at radius 2 is 1.83 bits per heavy atom. The van der Waals surface area contributed by atoms with E-state index in [4.69, 9.17) is 4.74 Å². The number of phenols is 1. The maximum absolute atomic E-state index is 12.6. The lowest BCUT2D eigenvalue weighted by Gasteiger charge is -2.38. The molecule has 164 valence electrons. The summed E-state index contributed by atoms with van der Waals surface area (Å²) >= 11 is 0. The number of benzene rings is 1. The monoisotopic (exact) mass is 404 g/mol. The van der Waals surface area contributed by atoms with Crippen LogP contribution in [0.3, 0.4) is 0 Å². The molecule has 0 spiro atoms. The van der Waals surface area contributed by atoms with Crippen LogP contribution in [0.5, 0.6) is 11.5 Å². The second-order valence-corrected chi connectivity index (χ2v) is 8.65. The molecule has 2 N–H and O–H groups in total. The Labute approximate surface area is 176 Å². The largest absolute Gasteiger partial charge is 0.505 e. The molecule has 1 amide bonds. The van der Waals surface area contributed by atoms with Crippen LogP contribution in [-0.2, 0) is 11.2 Å². The van der Waals surface area contributed by atoms with Gasteiger partial charge in [0.25, 0.3) is 0 Å². The highest BCUT2D eigenvalue weighted by molar-refractivity contribution is 5.95. The zero-order chi connectivity index (χ0) is 21.6. The first-order chi connectivity index (χ1) is 13.8. The van der Waals surface area contributed by atoms with Crippen LogP contribution in [0.2, 0.25) is 0 Å². The molecule has 1 heterocycles. The van der Waals surface area contributed by atoms with E-state index >= 15 is 0 Å². The molecule has 0 bridgehead atoms. The first-order valence-corrected chi connectivity index (χ1v) is 11.3. The molecule has 0 saturated heterocycles. The van der Waals surface area contributed by atoms with E-state index in [2.05, 4.69) is 24.1 Å². The topological polar surface area (TPSA) is 61.8 Å². The number of anilines is 1. The minimum absolute atomic E-state index is 0.0950. The Morgan fingerprint density at radius 1 is 1.14 bits per heavy atom. The Kier molecular flexibility index (Phi) is 8.38. The number of ether oxygens (including phenoxy) is 1. The van der Waals surface area contributed by atoms with Crippen LogP contribution in [0.25, 0.3) is 0 Å². The number of likely N-dealkylation sites (N-methyl/N-ethyl adjacent to an activating group) is 1. The summed E-state index contributed by atoms with van der Waals surface area (Å²) in [5, 5.41) is 13.8. The number of nitrogens with zero attached hydrogens (tertiary/aromatic N) is 1. The zero-order valence-corrected chi connectivity index (χ0v) is 19.3. The lowest BCUT2D eigenvalue weighted by Crippen LogP contribution is -2.37. The van der Waals surface area contributed by atoms with Gasteiger partial charge in [-0.15, -0.1) is 0 Å². The van der Waals surface area contributed by atoms with E-state index in [1.807, 2.05) is 27.7 Å². The molecule has 0 saturated carbocycles. The van der Waals surface area contributed by atoms with Crippen molar-refractivity contribution in [1.29, 1.82) is 0 Å². The highest BCUT2D eigenvalue weighted by Crippen LogP contribution is 2.47. The Hall–Kier alpha value is -1.75. The lowest BCUT2D eigenvalue weighted by atomic mass is 9.85. The average Bonchev–Trinajstić information content (AvgIpc) is 2.71. The average molecular weight is 405 g/mol. The van der Waals surface area contributed by atoms with Crippen molar-refractivity contribution in [3.8, 4) is 11.5 Å². The van der Waals surface area contributed by atoms with Gasteiger partial charge in [-0.1, -0.05) is 40.0 Å². The van der Waals surface area contributed by atoms with Gasteiger partial charge in [0.15, 0.2) is 0 Å². The predicted octanol–water partition coefficient (Wildman–Crippen LogP) is 5.34. The van der Waals surface area contributed by atoms with Crippen molar-refractivity contribution < 1.29 is 14.6 Å². The van der Waals surface area contributed by atoms with Crippen LogP contribution >= 0.6 is 0 Å². The Balaban J connectivity index is 2.25. The summed E-state index contributed by atoms with van der Waals surface area (Å²) in [6.45, 7) is 14.4. The van der Waals surface area contributed by atoms with Gasteiger partial charge in [0.1, 0.15) is 17.1 Å². The molecule has 0 aliphatic carbocycles. The molecule has 1 aromatic carbocycles. The van der Waals surface area contributed by atoms with Crippen LogP contribution in [0.15, 0.2) is 0 Å². The van der Waals surface area contributed by atoms with E-state index in [-0.39, 0.29) is 17.3 Å². The van der Waals surface area contributed by atoms with Crippen molar-refractivity contribution in [3.63, 3.8) is 0 Å². The second-order valence-electron chi connectivity index (χ2n) is 8.65. The lowest BCUT2D eigenvalue weighted by molar-refractivity contribution is -0.117. The smallest absolute Gasteiger partial charge is 0.238 e. The molecular weight excluding hydrogens is 364 g/mol. The number of hydrogen-bond donors (Lipinski definition) is 2. The number of phenolic OH excluding ortho intramolecular Hbond substituents is 1. The fourth-order valence-corrected chi connectivity index (χ4v) is 4.15. The van der Waals surface area contributed by atoms with Crippen LogP contribution in [0.1, 0.15) is 82.9 Å². The highest BCUT2D eigenvalue weighted by Gasteiger charge is 2.35. The van der Waals surface area contributed by atoms with Gasteiger partial charge in [0.05, 0.1) is 12.2 Å². The molecule has 1 atom stereocenters. The van der Waals surface area contributed by atoms with Crippen LogP contribution in [-0.4, -0.2) is 41.1 Å². The molecule has 1 aliphatic rings. The fraction of sp³-hybridized carbons (Fsp3) is 0.708. The number of carbonyl (C=O) groups excluding carboxylic acids is 1. The van der Waals surface area contributed by atoms with Crippen LogP contribution in [0.4, 0.5) is 5.69 Å². The third kappa shape index (κ3) is 5.65. The SMILES string of the molecule is CCCCCCC1(C)CCc2c(NC(=O)CN(CC)CC)c(O)c(C)c(C)c2O1. The van der Waals surface area contributed by atoms with E-state index in [0.29, 0.717) is 12.2 Å². The van der Waals surface area contributed by atoms with E-state index < -0.39 is 0 Å². The summed E-state index contributed by atoms with van der Waals surface area (Å²) in [7, 11) is 0. The molecule has 5 heteroatoms. The van der Waals surface area contributed by atoms with Gasteiger partial charge in [0, 0.05) is 5.56 Å². The fourth-order valence-electron chi connectivity index (χ4n) is 4.15. The molecule has 5 nitrogen and oxygen atoms in total. The Bertz CT molecular complexity index is 713. The third-order valence-corrected chi connectivity index (χ3v) is 6.41. The van der Waals surface area contributed by atoms with Crippen molar-refractivity contribution in [3.05, 3.63) is 16.7 Å². The maximum atomic E-state index is 12.6. The second kappa shape index (κ2) is 10.3. The third-order valence-electron chi connectivity index (χ3n) is 6.41. The van der Waals surface area contributed by atoms with Gasteiger partial charge >= 0.3 is 0 Å². The number of amides is 1. The minimum atomic E-state index is -0.183. The predicted molar refractivity (Wildman–Crippen MR) is 120 cm³/mol. The first kappa shape index (κ1) is 23.5. The molecule has 1 aromatic rings. The van der Waals surface area contributed by atoms with Crippen molar-refractivity contribution in [2.45, 2.75) is 92.1 Å².